The van der Waals surface area contributed by atoms with Crippen molar-refractivity contribution in [1.82, 2.24) is 19.7 Å². The molecule has 1 aliphatic rings. The number of rotatable bonds is 4. The summed E-state index contributed by atoms with van der Waals surface area (Å²) in [5.41, 5.74) is 0.883. The minimum Gasteiger partial charge on any atom is -0.316 e. The molecule has 5 heteroatoms. The molecule has 1 aromatic heterocycles. The molecule has 2 aromatic rings. The van der Waals surface area contributed by atoms with Gasteiger partial charge in [-0.05, 0) is 37.9 Å². The van der Waals surface area contributed by atoms with Crippen molar-refractivity contribution in [2.75, 3.05) is 13.1 Å². The number of aryl methyl sites for hydroxylation is 1. The molecule has 112 valence electrons. The first-order valence-corrected chi connectivity index (χ1v) is 7.77. The van der Waals surface area contributed by atoms with Gasteiger partial charge in [-0.1, -0.05) is 25.1 Å². The Labute approximate surface area is 124 Å². The molecule has 1 aliphatic heterocycles. The van der Waals surface area contributed by atoms with Crippen LogP contribution in [-0.2, 0) is 6.54 Å². The lowest BCUT2D eigenvalue weighted by atomic mass is 9.99. The minimum absolute atomic E-state index is 0.0244. The van der Waals surface area contributed by atoms with E-state index in [9.17, 15) is 4.79 Å². The van der Waals surface area contributed by atoms with E-state index in [0.29, 0.717) is 12.5 Å². The summed E-state index contributed by atoms with van der Waals surface area (Å²) in [5, 5.41) is 8.03. The molecular formula is C16H22N4O. The highest BCUT2D eigenvalue weighted by atomic mass is 16.2. The zero-order valence-corrected chi connectivity index (χ0v) is 12.5. The van der Waals surface area contributed by atoms with Gasteiger partial charge in [-0.25, -0.2) is 14.0 Å². The second kappa shape index (κ2) is 6.26. The van der Waals surface area contributed by atoms with Gasteiger partial charge in [0, 0.05) is 19.0 Å². The van der Waals surface area contributed by atoms with Crippen LogP contribution in [0.2, 0.25) is 0 Å². The summed E-state index contributed by atoms with van der Waals surface area (Å²) in [5.74, 6) is 1.21. The smallest absolute Gasteiger partial charge is 0.316 e. The van der Waals surface area contributed by atoms with Gasteiger partial charge in [-0.15, -0.1) is 0 Å². The van der Waals surface area contributed by atoms with E-state index in [0.717, 1.165) is 43.9 Å². The molecule has 5 nitrogen and oxygen atoms in total. The Kier molecular flexibility index (Phi) is 4.20. The third-order valence-corrected chi connectivity index (χ3v) is 3.98. The van der Waals surface area contributed by atoms with E-state index < -0.39 is 0 Å². The normalized spacial score (nSPS) is 18.8. The summed E-state index contributed by atoms with van der Waals surface area (Å²) in [6.07, 6.45) is 3.13. The van der Waals surface area contributed by atoms with Crippen molar-refractivity contribution in [3.63, 3.8) is 0 Å². The predicted molar refractivity (Wildman–Crippen MR) is 83.0 cm³/mol. The quantitative estimate of drug-likeness (QED) is 0.934. The molecule has 1 N–H and O–H groups in total. The van der Waals surface area contributed by atoms with Crippen LogP contribution >= 0.6 is 0 Å². The van der Waals surface area contributed by atoms with Gasteiger partial charge in [0.15, 0.2) is 0 Å². The first-order valence-electron chi connectivity index (χ1n) is 7.77. The molecule has 0 unspecified atom stereocenters. The topological polar surface area (TPSA) is 51.9 Å². The number of hydrogen-bond donors (Lipinski definition) is 1. The first kappa shape index (κ1) is 14.1. The number of para-hydroxylation sites is 1. The summed E-state index contributed by atoms with van der Waals surface area (Å²) in [6.45, 7) is 4.69. The maximum atomic E-state index is 12.7. The molecule has 0 spiro atoms. The number of aromatic nitrogens is 3. The zero-order valence-electron chi connectivity index (χ0n) is 12.5. The molecule has 1 atom stereocenters. The number of piperidine rings is 1. The lowest BCUT2D eigenvalue weighted by Crippen LogP contribution is -2.31. The van der Waals surface area contributed by atoms with E-state index in [1.807, 2.05) is 30.3 Å². The van der Waals surface area contributed by atoms with Crippen molar-refractivity contribution < 1.29 is 0 Å². The fourth-order valence-electron chi connectivity index (χ4n) is 2.94. The zero-order chi connectivity index (χ0) is 14.7. The van der Waals surface area contributed by atoms with E-state index in [1.165, 1.54) is 0 Å². The second-order valence-electron chi connectivity index (χ2n) is 5.58. The Morgan fingerprint density at radius 1 is 1.33 bits per heavy atom. The Balaban J connectivity index is 2.09. The summed E-state index contributed by atoms with van der Waals surface area (Å²) in [7, 11) is 0. The average Bonchev–Trinajstić information content (AvgIpc) is 2.86. The van der Waals surface area contributed by atoms with Crippen LogP contribution < -0.4 is 11.0 Å². The molecule has 0 radical (unpaired) electrons. The van der Waals surface area contributed by atoms with Gasteiger partial charge in [0.1, 0.15) is 5.82 Å². The van der Waals surface area contributed by atoms with Crippen LogP contribution in [0.25, 0.3) is 5.69 Å². The van der Waals surface area contributed by atoms with Gasteiger partial charge in [0.05, 0.1) is 5.69 Å². The van der Waals surface area contributed by atoms with Gasteiger partial charge in [0.25, 0.3) is 0 Å². The minimum atomic E-state index is -0.0244. The molecule has 21 heavy (non-hydrogen) atoms. The highest BCUT2D eigenvalue weighted by molar-refractivity contribution is 5.33. The SMILES string of the molecule is CCCn1nc([C@H]2CCCNC2)n(-c2ccccc2)c1=O. The highest BCUT2D eigenvalue weighted by Crippen LogP contribution is 2.22. The molecule has 3 rings (SSSR count). The molecular weight excluding hydrogens is 264 g/mol. The summed E-state index contributed by atoms with van der Waals surface area (Å²) >= 11 is 0. The van der Waals surface area contributed by atoms with Crippen molar-refractivity contribution in [3.05, 3.63) is 46.6 Å². The third-order valence-electron chi connectivity index (χ3n) is 3.98. The third kappa shape index (κ3) is 2.78. The van der Waals surface area contributed by atoms with Crippen LogP contribution in [0, 0.1) is 0 Å². The fraction of sp³-hybridized carbons (Fsp3) is 0.500. The Morgan fingerprint density at radius 3 is 2.81 bits per heavy atom. The van der Waals surface area contributed by atoms with Crippen molar-refractivity contribution in [3.8, 4) is 5.69 Å². The molecule has 0 aliphatic carbocycles. The summed E-state index contributed by atoms with van der Waals surface area (Å²) in [4.78, 5) is 12.7. The van der Waals surface area contributed by atoms with Crippen LogP contribution in [0.1, 0.15) is 37.9 Å². The lowest BCUT2D eigenvalue weighted by molar-refractivity contribution is 0.438. The average molecular weight is 286 g/mol. The van der Waals surface area contributed by atoms with Crippen LogP contribution in [0.5, 0.6) is 0 Å². The van der Waals surface area contributed by atoms with Crippen LogP contribution in [0.3, 0.4) is 0 Å². The maximum Gasteiger partial charge on any atom is 0.350 e. The van der Waals surface area contributed by atoms with Crippen LogP contribution in [0.15, 0.2) is 35.1 Å². The van der Waals surface area contributed by atoms with Crippen molar-refractivity contribution in [2.45, 2.75) is 38.6 Å². The molecule has 2 heterocycles. The van der Waals surface area contributed by atoms with Gasteiger partial charge in [0.2, 0.25) is 0 Å². The molecule has 0 saturated carbocycles. The number of benzene rings is 1. The monoisotopic (exact) mass is 286 g/mol. The van der Waals surface area contributed by atoms with E-state index >= 15 is 0 Å². The van der Waals surface area contributed by atoms with E-state index in [4.69, 9.17) is 0 Å². The largest absolute Gasteiger partial charge is 0.350 e. The van der Waals surface area contributed by atoms with Crippen molar-refractivity contribution >= 4 is 0 Å². The standard InChI is InChI=1S/C16H22N4O/c1-2-11-19-16(21)20(14-8-4-3-5-9-14)15(18-19)13-7-6-10-17-12-13/h3-5,8-9,13,17H,2,6-7,10-12H2,1H3/t13-/m0/s1. The predicted octanol–water partition coefficient (Wildman–Crippen LogP) is 1.91. The van der Waals surface area contributed by atoms with E-state index in [2.05, 4.69) is 17.3 Å². The Morgan fingerprint density at radius 2 is 2.14 bits per heavy atom. The van der Waals surface area contributed by atoms with Gasteiger partial charge in [-0.3, -0.25) is 0 Å². The Bertz CT molecular complexity index is 638. The number of nitrogens with zero attached hydrogens (tertiary/aromatic N) is 3. The summed E-state index contributed by atoms with van der Waals surface area (Å²) < 4.78 is 3.39. The van der Waals surface area contributed by atoms with Crippen molar-refractivity contribution in [1.29, 1.82) is 0 Å². The fourth-order valence-corrected chi connectivity index (χ4v) is 2.94. The molecule has 0 bridgehead atoms. The van der Waals surface area contributed by atoms with E-state index in [1.54, 1.807) is 9.25 Å². The van der Waals surface area contributed by atoms with Gasteiger partial charge in [-0.2, -0.15) is 5.10 Å². The van der Waals surface area contributed by atoms with Crippen LogP contribution in [-0.4, -0.2) is 27.4 Å². The molecule has 1 aromatic carbocycles. The molecule has 1 fully saturated rings. The van der Waals surface area contributed by atoms with Gasteiger partial charge < -0.3 is 5.32 Å². The Hall–Kier alpha value is -1.88. The molecule has 1 saturated heterocycles. The first-order chi connectivity index (χ1) is 10.3. The highest BCUT2D eigenvalue weighted by Gasteiger charge is 2.24. The second-order valence-corrected chi connectivity index (χ2v) is 5.58. The number of hydrogen-bond acceptors (Lipinski definition) is 3. The maximum absolute atomic E-state index is 12.7. The molecule has 0 amide bonds. The summed E-state index contributed by atoms with van der Waals surface area (Å²) in [6, 6.07) is 9.83. The van der Waals surface area contributed by atoms with Crippen molar-refractivity contribution in [2.24, 2.45) is 0 Å². The van der Waals surface area contributed by atoms with Gasteiger partial charge >= 0.3 is 5.69 Å². The van der Waals surface area contributed by atoms with E-state index in [-0.39, 0.29) is 5.69 Å². The lowest BCUT2D eigenvalue weighted by Gasteiger charge is -2.22. The number of nitrogens with one attached hydrogen (secondary N) is 1. The van der Waals surface area contributed by atoms with Crippen LogP contribution in [0.4, 0.5) is 0 Å².